The summed E-state index contributed by atoms with van der Waals surface area (Å²) >= 11 is 5.88. The number of rotatable bonds is 2. The lowest BCUT2D eigenvalue weighted by Gasteiger charge is -2.39. The van der Waals surface area contributed by atoms with Crippen LogP contribution in [0.3, 0.4) is 0 Å². The quantitative estimate of drug-likeness (QED) is 0.792. The van der Waals surface area contributed by atoms with Gasteiger partial charge in [-0.15, -0.1) is 0 Å². The van der Waals surface area contributed by atoms with Gasteiger partial charge in [-0.3, -0.25) is 0 Å². The van der Waals surface area contributed by atoms with Gasteiger partial charge in [0.15, 0.2) is 11.0 Å². The van der Waals surface area contributed by atoms with E-state index in [2.05, 4.69) is 22.2 Å². The third-order valence-electron chi connectivity index (χ3n) is 2.53. The van der Waals surface area contributed by atoms with Crippen molar-refractivity contribution in [2.75, 3.05) is 5.32 Å². The van der Waals surface area contributed by atoms with Crippen molar-refractivity contribution in [3.05, 3.63) is 17.5 Å². The highest BCUT2D eigenvalue weighted by Gasteiger charge is 2.32. The standard InChI is InChI=1S/C9H12ClN3/c1-9(3-2-4-9)13-8-7(10)11-5-6-12-8/h5-6H,2-4H2,1H3,(H,12,13). The number of hydrogen-bond acceptors (Lipinski definition) is 3. The van der Waals surface area contributed by atoms with Crippen LogP contribution in [0, 0.1) is 0 Å². The third kappa shape index (κ3) is 1.75. The molecule has 0 spiro atoms. The average Bonchev–Trinajstić information content (AvgIpc) is 2.06. The van der Waals surface area contributed by atoms with Crippen LogP contribution < -0.4 is 5.32 Å². The summed E-state index contributed by atoms with van der Waals surface area (Å²) in [6.07, 6.45) is 6.88. The molecule has 3 nitrogen and oxygen atoms in total. The average molecular weight is 198 g/mol. The second kappa shape index (κ2) is 3.14. The Morgan fingerprint density at radius 2 is 2.08 bits per heavy atom. The molecule has 1 aromatic heterocycles. The predicted octanol–water partition coefficient (Wildman–Crippen LogP) is 2.48. The number of hydrogen-bond donors (Lipinski definition) is 1. The molecule has 1 saturated carbocycles. The highest BCUT2D eigenvalue weighted by atomic mass is 35.5. The highest BCUT2D eigenvalue weighted by molar-refractivity contribution is 6.31. The van der Waals surface area contributed by atoms with Crippen molar-refractivity contribution >= 4 is 17.4 Å². The summed E-state index contributed by atoms with van der Waals surface area (Å²) in [5.74, 6) is 0.700. The van der Waals surface area contributed by atoms with Crippen molar-refractivity contribution in [1.29, 1.82) is 0 Å². The minimum atomic E-state index is 0.180. The summed E-state index contributed by atoms with van der Waals surface area (Å²) in [4.78, 5) is 8.10. The van der Waals surface area contributed by atoms with E-state index in [1.807, 2.05) is 0 Å². The van der Waals surface area contributed by atoms with Crippen LogP contribution in [0.2, 0.25) is 5.15 Å². The first-order valence-corrected chi connectivity index (χ1v) is 4.82. The molecule has 0 unspecified atom stereocenters. The lowest BCUT2D eigenvalue weighted by Crippen LogP contribution is -2.42. The topological polar surface area (TPSA) is 37.8 Å². The Morgan fingerprint density at radius 1 is 1.38 bits per heavy atom. The van der Waals surface area contributed by atoms with Gasteiger partial charge in [-0.2, -0.15) is 0 Å². The molecule has 4 heteroatoms. The van der Waals surface area contributed by atoms with E-state index < -0.39 is 0 Å². The monoisotopic (exact) mass is 197 g/mol. The fraction of sp³-hybridized carbons (Fsp3) is 0.556. The maximum Gasteiger partial charge on any atom is 0.171 e. The number of anilines is 1. The number of nitrogens with zero attached hydrogens (tertiary/aromatic N) is 2. The van der Waals surface area contributed by atoms with E-state index >= 15 is 0 Å². The summed E-state index contributed by atoms with van der Waals surface area (Å²) in [5.41, 5.74) is 0.180. The lowest BCUT2D eigenvalue weighted by atomic mass is 9.78. The van der Waals surface area contributed by atoms with Gasteiger partial charge in [0.1, 0.15) is 0 Å². The SMILES string of the molecule is CC1(Nc2nccnc2Cl)CCC1. The Hall–Kier alpha value is -0.830. The Labute approximate surface area is 82.5 Å². The molecular weight excluding hydrogens is 186 g/mol. The fourth-order valence-corrected chi connectivity index (χ4v) is 1.68. The van der Waals surface area contributed by atoms with Crippen molar-refractivity contribution in [3.63, 3.8) is 0 Å². The molecule has 0 radical (unpaired) electrons. The molecule has 1 aromatic rings. The largest absolute Gasteiger partial charge is 0.362 e. The van der Waals surface area contributed by atoms with Gasteiger partial charge in [0.05, 0.1) is 0 Å². The maximum absolute atomic E-state index is 5.88. The molecule has 1 aliphatic rings. The zero-order valence-corrected chi connectivity index (χ0v) is 8.30. The van der Waals surface area contributed by atoms with Crippen LogP contribution in [0.25, 0.3) is 0 Å². The Bertz CT molecular complexity index is 309. The molecule has 13 heavy (non-hydrogen) atoms. The van der Waals surface area contributed by atoms with Gasteiger partial charge in [0, 0.05) is 17.9 Å². The molecule has 1 aliphatic carbocycles. The van der Waals surface area contributed by atoms with E-state index in [4.69, 9.17) is 11.6 Å². The smallest absolute Gasteiger partial charge is 0.171 e. The van der Waals surface area contributed by atoms with Gasteiger partial charge < -0.3 is 5.32 Å². The summed E-state index contributed by atoms with van der Waals surface area (Å²) in [6.45, 7) is 2.18. The summed E-state index contributed by atoms with van der Waals surface area (Å²) in [6, 6.07) is 0. The molecule has 1 fully saturated rings. The van der Waals surface area contributed by atoms with Crippen LogP contribution >= 0.6 is 11.6 Å². The predicted molar refractivity (Wildman–Crippen MR) is 52.9 cm³/mol. The molecule has 1 N–H and O–H groups in total. The van der Waals surface area contributed by atoms with Crippen molar-refractivity contribution in [2.45, 2.75) is 31.7 Å². The number of aromatic nitrogens is 2. The molecular formula is C9H12ClN3. The van der Waals surface area contributed by atoms with Gasteiger partial charge >= 0.3 is 0 Å². The van der Waals surface area contributed by atoms with Gasteiger partial charge in [-0.05, 0) is 26.2 Å². The molecule has 0 atom stereocenters. The highest BCUT2D eigenvalue weighted by Crippen LogP contribution is 2.35. The zero-order valence-electron chi connectivity index (χ0n) is 7.55. The van der Waals surface area contributed by atoms with Crippen molar-refractivity contribution in [3.8, 4) is 0 Å². The zero-order chi connectivity index (χ0) is 9.31. The molecule has 0 amide bonds. The van der Waals surface area contributed by atoms with E-state index in [1.54, 1.807) is 12.4 Å². The Balaban J connectivity index is 2.13. The van der Waals surface area contributed by atoms with E-state index in [-0.39, 0.29) is 5.54 Å². The van der Waals surface area contributed by atoms with Gasteiger partial charge in [-0.25, -0.2) is 9.97 Å². The normalized spacial score (nSPS) is 19.2. The Morgan fingerprint density at radius 3 is 2.62 bits per heavy atom. The van der Waals surface area contributed by atoms with E-state index in [0.29, 0.717) is 11.0 Å². The summed E-state index contributed by atoms with van der Waals surface area (Å²) < 4.78 is 0. The summed E-state index contributed by atoms with van der Waals surface area (Å²) in [5, 5.41) is 3.77. The van der Waals surface area contributed by atoms with Crippen LogP contribution in [-0.2, 0) is 0 Å². The first-order chi connectivity index (χ1) is 6.20. The van der Waals surface area contributed by atoms with Gasteiger partial charge in [0.2, 0.25) is 0 Å². The summed E-state index contributed by atoms with van der Waals surface area (Å²) in [7, 11) is 0. The molecule has 2 rings (SSSR count). The fourth-order valence-electron chi connectivity index (χ4n) is 1.52. The third-order valence-corrected chi connectivity index (χ3v) is 2.81. The molecule has 0 aromatic carbocycles. The van der Waals surface area contributed by atoms with E-state index in [0.717, 1.165) is 0 Å². The van der Waals surface area contributed by atoms with Crippen LogP contribution in [0.15, 0.2) is 12.4 Å². The van der Waals surface area contributed by atoms with Crippen LogP contribution in [-0.4, -0.2) is 15.5 Å². The van der Waals surface area contributed by atoms with Gasteiger partial charge in [-0.1, -0.05) is 11.6 Å². The molecule has 0 saturated heterocycles. The van der Waals surface area contributed by atoms with Crippen LogP contribution in [0.4, 0.5) is 5.82 Å². The number of halogens is 1. The van der Waals surface area contributed by atoms with Gasteiger partial charge in [0.25, 0.3) is 0 Å². The maximum atomic E-state index is 5.88. The number of nitrogens with one attached hydrogen (secondary N) is 1. The second-order valence-corrected chi connectivity index (χ2v) is 4.09. The molecule has 1 heterocycles. The van der Waals surface area contributed by atoms with Crippen LogP contribution in [0.5, 0.6) is 0 Å². The lowest BCUT2D eigenvalue weighted by molar-refractivity contribution is 0.305. The molecule has 0 aliphatic heterocycles. The minimum absolute atomic E-state index is 0.180. The minimum Gasteiger partial charge on any atom is -0.362 e. The van der Waals surface area contributed by atoms with Crippen molar-refractivity contribution in [1.82, 2.24) is 9.97 Å². The van der Waals surface area contributed by atoms with E-state index in [1.165, 1.54) is 19.3 Å². The second-order valence-electron chi connectivity index (χ2n) is 3.73. The first-order valence-electron chi connectivity index (χ1n) is 4.44. The van der Waals surface area contributed by atoms with Crippen molar-refractivity contribution < 1.29 is 0 Å². The first kappa shape index (κ1) is 8.75. The Kier molecular flexibility index (Phi) is 2.12. The molecule has 70 valence electrons. The molecule has 0 bridgehead atoms. The van der Waals surface area contributed by atoms with E-state index in [9.17, 15) is 0 Å². The van der Waals surface area contributed by atoms with Crippen molar-refractivity contribution in [2.24, 2.45) is 0 Å². The van der Waals surface area contributed by atoms with Crippen LogP contribution in [0.1, 0.15) is 26.2 Å².